The lowest BCUT2D eigenvalue weighted by molar-refractivity contribution is -0.165. The molecule has 2 aromatic carbocycles. The van der Waals surface area contributed by atoms with E-state index in [0.29, 0.717) is 11.3 Å². The molecule has 0 bridgehead atoms. The predicted molar refractivity (Wildman–Crippen MR) is 154 cm³/mol. The van der Waals surface area contributed by atoms with E-state index in [1.165, 1.54) is 31.9 Å². The zero-order valence-electron chi connectivity index (χ0n) is 23.3. The Hall–Kier alpha value is -4.81. The van der Waals surface area contributed by atoms with Gasteiger partial charge in [-0.2, -0.15) is 9.97 Å². The van der Waals surface area contributed by atoms with Crippen LogP contribution in [0.4, 0.5) is 0 Å². The molecular formula is C30H26ClN5O7. The van der Waals surface area contributed by atoms with Crippen LogP contribution in [0.2, 0.25) is 5.28 Å². The number of para-hydroxylation sites is 1. The van der Waals surface area contributed by atoms with E-state index in [2.05, 4.69) is 15.0 Å². The molecule has 1 fully saturated rings. The fourth-order valence-electron chi connectivity index (χ4n) is 5.43. The third kappa shape index (κ3) is 5.30. The minimum absolute atomic E-state index is 0.0621. The van der Waals surface area contributed by atoms with Gasteiger partial charge in [-0.05, 0) is 23.2 Å². The smallest absolute Gasteiger partial charge is 0.308 e. The fourth-order valence-corrected chi connectivity index (χ4v) is 5.59. The lowest BCUT2D eigenvalue weighted by Gasteiger charge is -2.23. The van der Waals surface area contributed by atoms with Gasteiger partial charge in [0, 0.05) is 31.0 Å². The van der Waals surface area contributed by atoms with Crippen LogP contribution >= 0.6 is 11.6 Å². The monoisotopic (exact) mass is 603 g/mol. The Morgan fingerprint density at radius 1 is 0.953 bits per heavy atom. The number of carbonyl (C=O) groups is 3. The maximum Gasteiger partial charge on any atom is 0.308 e. The van der Waals surface area contributed by atoms with Crippen molar-refractivity contribution < 1.29 is 33.3 Å². The van der Waals surface area contributed by atoms with Crippen molar-refractivity contribution >= 4 is 51.6 Å². The van der Waals surface area contributed by atoms with Crippen molar-refractivity contribution in [2.45, 2.75) is 44.8 Å². The molecule has 4 heterocycles. The molecule has 0 aliphatic carbocycles. The van der Waals surface area contributed by atoms with Gasteiger partial charge < -0.3 is 18.9 Å². The Balaban J connectivity index is 1.49. The zero-order chi connectivity index (χ0) is 30.2. The van der Waals surface area contributed by atoms with Crippen LogP contribution in [0.5, 0.6) is 0 Å². The minimum Gasteiger partial charge on any atom is -0.469 e. The highest BCUT2D eigenvalue weighted by Crippen LogP contribution is 2.39. The first-order valence-corrected chi connectivity index (χ1v) is 13.8. The summed E-state index contributed by atoms with van der Waals surface area (Å²) in [5, 5.41) is 0.938. The highest BCUT2D eigenvalue weighted by atomic mass is 35.5. The van der Waals surface area contributed by atoms with Crippen molar-refractivity contribution in [1.82, 2.24) is 24.1 Å². The summed E-state index contributed by atoms with van der Waals surface area (Å²) in [6.07, 6.45) is -1.14. The first kappa shape index (κ1) is 28.3. The van der Waals surface area contributed by atoms with E-state index in [1.807, 2.05) is 65.4 Å². The van der Waals surface area contributed by atoms with Crippen molar-refractivity contribution in [3.63, 3.8) is 0 Å². The molecule has 0 spiro atoms. The summed E-state index contributed by atoms with van der Waals surface area (Å²) in [4.78, 5) is 49.9. The number of methoxy groups -OCH3 is 1. The van der Waals surface area contributed by atoms with Gasteiger partial charge in [0.15, 0.2) is 35.4 Å². The summed E-state index contributed by atoms with van der Waals surface area (Å²) in [5.74, 6) is -1.46. The number of hydrogen-bond donors (Lipinski definition) is 0. The lowest BCUT2D eigenvalue weighted by atomic mass is 10.1. The second-order valence-electron chi connectivity index (χ2n) is 9.93. The first-order valence-electron chi connectivity index (χ1n) is 13.4. The molecule has 0 radical (unpaired) electrons. The van der Waals surface area contributed by atoms with Gasteiger partial charge in [-0.1, -0.05) is 48.5 Å². The Labute approximate surface area is 250 Å². The number of esters is 3. The number of rotatable bonds is 7. The average molecular weight is 604 g/mol. The van der Waals surface area contributed by atoms with Crippen molar-refractivity contribution in [2.75, 3.05) is 7.11 Å². The van der Waals surface area contributed by atoms with Crippen LogP contribution in [0.25, 0.3) is 39.0 Å². The topological polar surface area (TPSA) is 137 Å². The Morgan fingerprint density at radius 3 is 2.37 bits per heavy atom. The largest absolute Gasteiger partial charge is 0.469 e. The molecule has 0 N–H and O–H groups in total. The fraction of sp³-hybridized carbons (Fsp3) is 0.267. The van der Waals surface area contributed by atoms with Gasteiger partial charge in [-0.3, -0.25) is 23.5 Å². The van der Waals surface area contributed by atoms with E-state index in [-0.39, 0.29) is 17.4 Å². The summed E-state index contributed by atoms with van der Waals surface area (Å²) < 4.78 is 25.5. The van der Waals surface area contributed by atoms with Gasteiger partial charge in [0.1, 0.15) is 6.10 Å². The van der Waals surface area contributed by atoms with Crippen molar-refractivity contribution in [1.29, 1.82) is 0 Å². The molecule has 0 amide bonds. The Morgan fingerprint density at radius 2 is 1.65 bits per heavy atom. The van der Waals surface area contributed by atoms with E-state index in [0.717, 1.165) is 22.0 Å². The molecular weight excluding hydrogens is 578 g/mol. The summed E-state index contributed by atoms with van der Waals surface area (Å²) in [5.41, 5.74) is 3.54. The number of carbonyl (C=O) groups excluding carboxylic acids is 3. The highest BCUT2D eigenvalue weighted by Gasteiger charge is 2.51. The lowest BCUT2D eigenvalue weighted by Crippen LogP contribution is -2.39. The van der Waals surface area contributed by atoms with Crippen LogP contribution in [0, 0.1) is 0 Å². The number of aromatic nitrogens is 5. The number of imidazole rings is 1. The van der Waals surface area contributed by atoms with Crippen molar-refractivity contribution in [3.8, 4) is 16.9 Å². The van der Waals surface area contributed by atoms with Gasteiger partial charge >= 0.3 is 17.9 Å². The van der Waals surface area contributed by atoms with E-state index >= 15 is 0 Å². The van der Waals surface area contributed by atoms with E-state index < -0.39 is 42.4 Å². The van der Waals surface area contributed by atoms with Gasteiger partial charge in [-0.25, -0.2) is 4.98 Å². The summed E-state index contributed by atoms with van der Waals surface area (Å²) in [7, 11) is 1.23. The summed E-state index contributed by atoms with van der Waals surface area (Å²) in [6, 6.07) is 17.9. The second-order valence-corrected chi connectivity index (χ2v) is 10.3. The third-order valence-electron chi connectivity index (χ3n) is 7.16. The van der Waals surface area contributed by atoms with Gasteiger partial charge in [-0.15, -0.1) is 0 Å². The maximum atomic E-state index is 12.2. The van der Waals surface area contributed by atoms with Crippen LogP contribution in [0.3, 0.4) is 0 Å². The standard InChI is InChI=1S/C30H26ClN5O7/c1-16(37)41-25-22(13-23(39)40-3)43-29(26(25)42-17(2)38)36-15-32-24-27(33-30(31)34-28(24)36)35-14-20(18-9-5-4-6-10-18)19-11-7-8-12-21(19)35/h4-12,14-15,22,25-26,29H,13H2,1-3H3/t22-,25-,26-,29-/m1/s1. The molecule has 5 aromatic rings. The summed E-state index contributed by atoms with van der Waals surface area (Å²) >= 11 is 6.49. The summed E-state index contributed by atoms with van der Waals surface area (Å²) in [6.45, 7) is 2.44. The number of ether oxygens (including phenoxy) is 4. The van der Waals surface area contributed by atoms with Gasteiger partial charge in [0.25, 0.3) is 0 Å². The molecule has 43 heavy (non-hydrogen) atoms. The van der Waals surface area contributed by atoms with Crippen LogP contribution in [-0.4, -0.2) is 67.4 Å². The Kier molecular flexibility index (Phi) is 7.55. The third-order valence-corrected chi connectivity index (χ3v) is 7.33. The van der Waals surface area contributed by atoms with E-state index in [9.17, 15) is 14.4 Å². The average Bonchev–Trinajstić information content (AvgIpc) is 3.67. The number of nitrogens with zero attached hydrogens (tertiary/aromatic N) is 5. The zero-order valence-corrected chi connectivity index (χ0v) is 24.1. The molecule has 12 nitrogen and oxygen atoms in total. The van der Waals surface area contributed by atoms with Gasteiger partial charge in [0.05, 0.1) is 25.4 Å². The van der Waals surface area contributed by atoms with E-state index in [4.69, 9.17) is 30.5 Å². The molecule has 1 aliphatic heterocycles. The molecule has 6 rings (SSSR count). The highest BCUT2D eigenvalue weighted by molar-refractivity contribution is 6.28. The molecule has 0 saturated carbocycles. The maximum absolute atomic E-state index is 12.2. The second kappa shape index (κ2) is 11.5. The SMILES string of the molecule is COC(=O)C[C@H]1O[C@@H](n2cnc3c(-n4cc(-c5ccccc5)c5ccccc54)nc(Cl)nc32)[C@H](OC(C)=O)[C@@H]1OC(C)=O. The molecule has 3 aromatic heterocycles. The van der Waals surface area contributed by atoms with Crippen molar-refractivity contribution in [2.24, 2.45) is 0 Å². The van der Waals surface area contributed by atoms with E-state index in [1.54, 1.807) is 0 Å². The van der Waals surface area contributed by atoms with Crippen LogP contribution in [-0.2, 0) is 33.3 Å². The van der Waals surface area contributed by atoms with Crippen LogP contribution < -0.4 is 0 Å². The first-order chi connectivity index (χ1) is 20.7. The number of hydrogen-bond acceptors (Lipinski definition) is 10. The quantitative estimate of drug-likeness (QED) is 0.149. The minimum atomic E-state index is -1.14. The van der Waals surface area contributed by atoms with Crippen LogP contribution in [0.15, 0.2) is 67.1 Å². The molecule has 0 unspecified atom stereocenters. The van der Waals surface area contributed by atoms with Crippen molar-refractivity contribution in [3.05, 3.63) is 72.4 Å². The Bertz CT molecular complexity index is 1850. The molecule has 1 aliphatic rings. The molecule has 13 heteroatoms. The normalized spacial score (nSPS) is 19.9. The molecule has 1 saturated heterocycles. The predicted octanol–water partition coefficient (Wildman–Crippen LogP) is 4.41. The molecule has 220 valence electrons. The number of halogens is 1. The number of benzene rings is 2. The number of fused-ring (bicyclic) bond motifs is 2. The van der Waals surface area contributed by atoms with Crippen LogP contribution in [0.1, 0.15) is 26.5 Å². The van der Waals surface area contributed by atoms with Gasteiger partial charge in [0.2, 0.25) is 5.28 Å². The molecule has 4 atom stereocenters.